The molecule has 0 saturated heterocycles. The van der Waals surface area contributed by atoms with Gasteiger partial charge in [-0.25, -0.2) is 22.0 Å². The minimum atomic E-state index is -5.24. The molecule has 94 valence electrons. The van der Waals surface area contributed by atoms with Crippen LogP contribution in [0.25, 0.3) is 6.08 Å². The van der Waals surface area contributed by atoms with Crippen LogP contribution in [0.2, 0.25) is 0 Å². The maximum atomic E-state index is 12.9. The minimum absolute atomic E-state index is 0.0639. The van der Waals surface area contributed by atoms with E-state index in [4.69, 9.17) is 0 Å². The maximum Gasteiger partial charge on any atom is 0.325 e. The third-order valence-electron chi connectivity index (χ3n) is 1.64. The Hall–Kier alpha value is -1.51. The summed E-state index contributed by atoms with van der Waals surface area (Å²) >= 11 is 0. The highest BCUT2D eigenvalue weighted by atomic mass is 32.3. The van der Waals surface area contributed by atoms with Gasteiger partial charge in [0.05, 0.1) is 11.0 Å². The van der Waals surface area contributed by atoms with Crippen LogP contribution in [0.5, 0.6) is 0 Å². The number of rotatable bonds is 2. The first-order valence-electron chi connectivity index (χ1n) is 3.79. The molecule has 17 heavy (non-hydrogen) atoms. The highest BCUT2D eigenvalue weighted by molar-refractivity contribution is 7.89. The lowest BCUT2D eigenvalue weighted by atomic mass is 10.1. The van der Waals surface area contributed by atoms with Crippen molar-refractivity contribution in [3.63, 3.8) is 0 Å². The average Bonchev–Trinajstić information content (AvgIpc) is 2.22. The first-order chi connectivity index (χ1) is 7.65. The van der Waals surface area contributed by atoms with Crippen molar-refractivity contribution in [2.45, 2.75) is 0 Å². The van der Waals surface area contributed by atoms with E-state index in [-0.39, 0.29) is 11.5 Å². The molecule has 0 heterocycles. The Labute approximate surface area is 91.4 Å². The van der Waals surface area contributed by atoms with Crippen LogP contribution >= 0.6 is 0 Å². The van der Waals surface area contributed by atoms with E-state index in [1.807, 2.05) is 0 Å². The molecule has 0 atom stereocenters. The van der Waals surface area contributed by atoms with E-state index in [2.05, 4.69) is 0 Å². The molecule has 0 bridgehead atoms. The van der Waals surface area contributed by atoms with Crippen molar-refractivity contribution in [2.24, 2.45) is 0 Å². The normalized spacial score (nSPS) is 12.4. The summed E-state index contributed by atoms with van der Waals surface area (Å²) < 4.78 is 95.5. The lowest BCUT2D eigenvalue weighted by molar-refractivity contribution is 0.377. The van der Waals surface area contributed by atoms with Gasteiger partial charge in [-0.15, -0.1) is 3.89 Å². The quantitative estimate of drug-likeness (QED) is 0.360. The summed E-state index contributed by atoms with van der Waals surface area (Å²) in [6.07, 6.45) is -0.0639. The largest absolute Gasteiger partial charge is 0.325 e. The molecule has 0 unspecified atom stereocenters. The van der Waals surface area contributed by atoms with E-state index >= 15 is 0 Å². The lowest BCUT2D eigenvalue weighted by Crippen LogP contribution is -2.04. The number of benzene rings is 1. The minimum Gasteiger partial charge on any atom is -0.203 e. The molecule has 2 nitrogen and oxygen atoms in total. The zero-order chi connectivity index (χ0) is 13.4. The molecule has 0 N–H and O–H groups in total. The van der Waals surface area contributed by atoms with E-state index in [0.717, 1.165) is 0 Å². The summed E-state index contributed by atoms with van der Waals surface area (Å²) in [5.41, 5.74) is -1.54. The van der Waals surface area contributed by atoms with Crippen molar-refractivity contribution in [1.82, 2.24) is 0 Å². The molecule has 1 aromatic rings. The van der Waals surface area contributed by atoms with Gasteiger partial charge < -0.3 is 0 Å². The molecule has 0 aliphatic heterocycles. The number of halogens is 6. The van der Waals surface area contributed by atoms with E-state index in [1.54, 1.807) is 0 Å². The molecule has 0 fully saturated rings. The van der Waals surface area contributed by atoms with Gasteiger partial charge in [-0.3, -0.25) is 0 Å². The highest BCUT2D eigenvalue weighted by Crippen LogP contribution is 2.24. The average molecular weight is 276 g/mol. The predicted molar refractivity (Wildman–Crippen MR) is 45.3 cm³/mol. The molecule has 0 saturated carbocycles. The second-order valence-corrected chi connectivity index (χ2v) is 3.99. The second-order valence-electron chi connectivity index (χ2n) is 2.76. The summed E-state index contributed by atoms with van der Waals surface area (Å²) in [6, 6.07) is 0. The smallest absolute Gasteiger partial charge is 0.203 e. The summed E-state index contributed by atoms with van der Waals surface area (Å²) in [5, 5.41) is -0.328. The Kier molecular flexibility index (Phi) is 3.51. The van der Waals surface area contributed by atoms with Crippen molar-refractivity contribution < 1.29 is 34.3 Å². The molecular formula is C8H2F6O2S. The molecule has 1 rings (SSSR count). The van der Waals surface area contributed by atoms with Gasteiger partial charge in [0.25, 0.3) is 0 Å². The van der Waals surface area contributed by atoms with Gasteiger partial charge in [-0.2, -0.15) is 8.42 Å². The van der Waals surface area contributed by atoms with Crippen molar-refractivity contribution in [1.29, 1.82) is 0 Å². The van der Waals surface area contributed by atoms with Gasteiger partial charge in [0, 0.05) is 0 Å². The Balaban J connectivity index is 3.51. The van der Waals surface area contributed by atoms with Gasteiger partial charge in [-0.1, -0.05) is 0 Å². The van der Waals surface area contributed by atoms with Crippen molar-refractivity contribution in [3.05, 3.63) is 40.1 Å². The van der Waals surface area contributed by atoms with E-state index in [9.17, 15) is 34.3 Å². The first-order valence-corrected chi connectivity index (χ1v) is 5.24. The number of hydrogen-bond donors (Lipinski definition) is 0. The van der Waals surface area contributed by atoms with Gasteiger partial charge >= 0.3 is 10.2 Å². The van der Waals surface area contributed by atoms with Gasteiger partial charge in [-0.05, 0) is 6.08 Å². The Morgan fingerprint density at radius 1 is 0.765 bits per heavy atom. The standard InChI is InChI=1S/C8H2F6O2S/c9-4-3(1-2-17(14,15)16)5(10)7(12)8(13)6(4)11/h1-2H/b2-1+. The molecule has 0 aliphatic carbocycles. The molecule has 9 heteroatoms. The van der Waals surface area contributed by atoms with Crippen LogP contribution < -0.4 is 0 Å². The van der Waals surface area contributed by atoms with Crippen molar-refractivity contribution in [2.75, 3.05) is 0 Å². The zero-order valence-electron chi connectivity index (χ0n) is 7.65. The Morgan fingerprint density at radius 3 is 1.47 bits per heavy atom. The fourth-order valence-corrected chi connectivity index (χ4v) is 1.22. The SMILES string of the molecule is O=S(=O)(F)/C=C/c1c(F)c(F)c(F)c(F)c1F. The monoisotopic (exact) mass is 276 g/mol. The Morgan fingerprint density at radius 2 is 1.12 bits per heavy atom. The van der Waals surface area contributed by atoms with Crippen LogP contribution in [0.15, 0.2) is 5.41 Å². The van der Waals surface area contributed by atoms with E-state index in [0.29, 0.717) is 0 Å². The van der Waals surface area contributed by atoms with E-state index in [1.165, 1.54) is 0 Å². The van der Waals surface area contributed by atoms with Crippen molar-refractivity contribution >= 4 is 16.3 Å². The fraction of sp³-hybridized carbons (Fsp3) is 0. The molecule has 0 radical (unpaired) electrons. The first kappa shape index (κ1) is 13.6. The van der Waals surface area contributed by atoms with Crippen LogP contribution in [0.1, 0.15) is 5.56 Å². The van der Waals surface area contributed by atoms with Crippen LogP contribution in [0.3, 0.4) is 0 Å². The van der Waals surface area contributed by atoms with Crippen LogP contribution in [0.4, 0.5) is 25.8 Å². The third-order valence-corrected chi connectivity index (χ3v) is 2.10. The molecule has 1 aromatic carbocycles. The lowest BCUT2D eigenvalue weighted by Gasteiger charge is -2.03. The summed E-state index contributed by atoms with van der Waals surface area (Å²) in [6.45, 7) is 0. The topological polar surface area (TPSA) is 34.1 Å². The molecule has 0 aromatic heterocycles. The summed E-state index contributed by atoms with van der Waals surface area (Å²) in [4.78, 5) is 0. The predicted octanol–water partition coefficient (Wildman–Crippen LogP) is 2.65. The Bertz CT molecular complexity index is 564. The summed E-state index contributed by atoms with van der Waals surface area (Å²) in [5.74, 6) is -11.4. The number of hydrogen-bond acceptors (Lipinski definition) is 2. The zero-order valence-corrected chi connectivity index (χ0v) is 8.46. The molecule has 0 spiro atoms. The van der Waals surface area contributed by atoms with Crippen molar-refractivity contribution in [3.8, 4) is 0 Å². The molecular weight excluding hydrogens is 274 g/mol. The molecule has 0 aliphatic rings. The van der Waals surface area contributed by atoms with Gasteiger partial charge in [0.15, 0.2) is 23.3 Å². The third kappa shape index (κ3) is 2.78. The molecule has 0 amide bonds. The van der Waals surface area contributed by atoms with Gasteiger partial charge in [0.2, 0.25) is 5.82 Å². The van der Waals surface area contributed by atoms with Gasteiger partial charge in [0.1, 0.15) is 0 Å². The van der Waals surface area contributed by atoms with Crippen LogP contribution in [-0.2, 0) is 10.2 Å². The van der Waals surface area contributed by atoms with Crippen LogP contribution in [0, 0.1) is 29.1 Å². The van der Waals surface area contributed by atoms with Crippen LogP contribution in [-0.4, -0.2) is 8.42 Å². The van der Waals surface area contributed by atoms with E-state index < -0.39 is 44.9 Å². The highest BCUT2D eigenvalue weighted by Gasteiger charge is 2.24. The second kappa shape index (κ2) is 4.40. The fourth-order valence-electron chi connectivity index (χ4n) is 0.918. The summed E-state index contributed by atoms with van der Waals surface area (Å²) in [7, 11) is -5.24. The maximum absolute atomic E-state index is 12.9.